The number of fused-ring (bicyclic) bond motifs is 2. The Balaban J connectivity index is 1.33. The quantitative estimate of drug-likeness (QED) is 0.107. The molecule has 0 radical (unpaired) electrons. The number of ketones is 1. The number of esters is 1. The van der Waals surface area contributed by atoms with Crippen molar-refractivity contribution in [3.63, 3.8) is 0 Å². The average molecular weight is 640 g/mol. The number of hydrogen-bond acceptors (Lipinski definition) is 7. The highest BCUT2D eigenvalue weighted by Crippen LogP contribution is 2.38. The average Bonchev–Trinajstić information content (AvgIpc) is 3.28. The van der Waals surface area contributed by atoms with Crippen LogP contribution in [0.1, 0.15) is 46.0 Å². The Labute approximate surface area is 256 Å². The Hall–Kier alpha value is -4.63. The van der Waals surface area contributed by atoms with E-state index in [2.05, 4.69) is 15.9 Å². The third kappa shape index (κ3) is 5.25. The Kier molecular flexibility index (Phi) is 7.66. The van der Waals surface area contributed by atoms with E-state index in [0.29, 0.717) is 47.1 Å². The number of phenols is 1. The molecule has 1 aromatic heterocycles. The molecule has 2 amide bonds. The number of amides is 2. The van der Waals surface area contributed by atoms with Gasteiger partial charge in [-0.25, -0.2) is 9.78 Å². The van der Waals surface area contributed by atoms with Crippen molar-refractivity contribution in [3.8, 4) is 17.0 Å². The number of benzene rings is 3. The third-order valence-electron chi connectivity index (χ3n) is 8.03. The van der Waals surface area contributed by atoms with Crippen LogP contribution in [0.4, 0.5) is 5.69 Å². The predicted octanol–water partition coefficient (Wildman–Crippen LogP) is 6.43. The van der Waals surface area contributed by atoms with Crippen LogP contribution >= 0.6 is 15.9 Å². The normalized spacial score (nSPS) is 17.8. The second-order valence-corrected chi connectivity index (χ2v) is 11.5. The third-order valence-corrected chi connectivity index (χ3v) is 8.48. The number of imide groups is 1. The van der Waals surface area contributed by atoms with Gasteiger partial charge < -0.3 is 9.84 Å². The highest BCUT2D eigenvalue weighted by Gasteiger charge is 2.47. The fourth-order valence-electron chi connectivity index (χ4n) is 5.78. The van der Waals surface area contributed by atoms with E-state index in [9.17, 15) is 24.3 Å². The van der Waals surface area contributed by atoms with Gasteiger partial charge in [0.15, 0.2) is 6.61 Å². The molecule has 9 heteroatoms. The van der Waals surface area contributed by atoms with Crippen molar-refractivity contribution in [1.29, 1.82) is 0 Å². The van der Waals surface area contributed by atoms with Crippen LogP contribution < -0.4 is 4.90 Å². The number of pyridine rings is 1. The van der Waals surface area contributed by atoms with Crippen molar-refractivity contribution >= 4 is 56.1 Å². The molecular formula is C34H27BrN2O6. The van der Waals surface area contributed by atoms with Gasteiger partial charge in [0.1, 0.15) is 5.75 Å². The van der Waals surface area contributed by atoms with Crippen LogP contribution in [-0.4, -0.2) is 40.3 Å². The lowest BCUT2D eigenvalue weighted by atomic mass is 9.85. The Morgan fingerprint density at radius 1 is 0.953 bits per heavy atom. The molecule has 3 aromatic carbocycles. The number of Topliss-reactive ketones (excluding diaryl/α,β-unsaturated/α-hetero) is 1. The van der Waals surface area contributed by atoms with Crippen LogP contribution in [0.5, 0.6) is 5.75 Å². The topological polar surface area (TPSA) is 114 Å². The molecule has 6 rings (SSSR count). The maximum absolute atomic E-state index is 13.4. The van der Waals surface area contributed by atoms with E-state index >= 15 is 0 Å². The van der Waals surface area contributed by atoms with Gasteiger partial charge in [0, 0.05) is 15.4 Å². The number of ether oxygens (including phenoxy) is 1. The first-order chi connectivity index (χ1) is 20.8. The van der Waals surface area contributed by atoms with Gasteiger partial charge in [0.25, 0.3) is 0 Å². The minimum absolute atomic E-state index is 0.0668. The van der Waals surface area contributed by atoms with Crippen molar-refractivity contribution in [2.75, 3.05) is 11.5 Å². The molecule has 43 heavy (non-hydrogen) atoms. The first-order valence-corrected chi connectivity index (χ1v) is 14.8. The maximum Gasteiger partial charge on any atom is 0.339 e. The summed E-state index contributed by atoms with van der Waals surface area (Å²) in [6.45, 7) is 1.44. The second-order valence-electron chi connectivity index (χ2n) is 10.6. The van der Waals surface area contributed by atoms with Gasteiger partial charge in [-0.2, -0.15) is 0 Å². The van der Waals surface area contributed by atoms with Crippen LogP contribution in [0.3, 0.4) is 0 Å². The molecule has 1 N–H and O–H groups in total. The van der Waals surface area contributed by atoms with E-state index in [0.717, 1.165) is 10.0 Å². The predicted molar refractivity (Wildman–Crippen MR) is 165 cm³/mol. The molecular weight excluding hydrogens is 612 g/mol. The number of anilines is 1. The van der Waals surface area contributed by atoms with Crippen LogP contribution in [0, 0.1) is 11.8 Å². The van der Waals surface area contributed by atoms with Gasteiger partial charge in [-0.15, -0.1) is 0 Å². The summed E-state index contributed by atoms with van der Waals surface area (Å²) < 4.78 is 6.21. The number of aromatic hydroxyl groups is 1. The molecule has 2 unspecified atom stereocenters. The molecule has 216 valence electrons. The van der Waals surface area contributed by atoms with Gasteiger partial charge >= 0.3 is 5.97 Å². The van der Waals surface area contributed by atoms with Gasteiger partial charge in [-0.1, -0.05) is 59.3 Å². The molecule has 1 aliphatic heterocycles. The number of rotatable bonds is 7. The number of phenolic OH excluding ortho intramolecular Hbond substituents is 1. The first-order valence-electron chi connectivity index (χ1n) is 14.0. The molecule has 2 heterocycles. The zero-order chi connectivity index (χ0) is 30.2. The molecule has 0 spiro atoms. The van der Waals surface area contributed by atoms with E-state index in [1.54, 1.807) is 48.5 Å². The summed E-state index contributed by atoms with van der Waals surface area (Å²) in [7, 11) is 0. The molecule has 4 aromatic rings. The zero-order valence-corrected chi connectivity index (χ0v) is 24.8. The first kappa shape index (κ1) is 28.5. The molecule has 1 aliphatic carbocycles. The Morgan fingerprint density at radius 2 is 1.63 bits per heavy atom. The number of para-hydroxylation sites is 1. The number of carbonyl (C=O) groups excluding carboxylic acids is 4. The largest absolute Gasteiger partial charge is 0.507 e. The maximum atomic E-state index is 13.4. The highest BCUT2D eigenvalue weighted by molar-refractivity contribution is 9.10. The van der Waals surface area contributed by atoms with E-state index in [1.807, 2.05) is 25.1 Å². The van der Waals surface area contributed by atoms with Crippen molar-refractivity contribution < 1.29 is 29.0 Å². The molecule has 0 saturated carbocycles. The number of halogens is 1. The molecule has 1 fully saturated rings. The summed E-state index contributed by atoms with van der Waals surface area (Å²) in [4.78, 5) is 58.4. The Morgan fingerprint density at radius 3 is 2.28 bits per heavy atom. The molecule has 2 atom stereocenters. The van der Waals surface area contributed by atoms with Crippen LogP contribution in [0.15, 0.2) is 83.4 Å². The second kappa shape index (κ2) is 11.6. The van der Waals surface area contributed by atoms with E-state index < -0.39 is 18.4 Å². The number of aromatic nitrogens is 1. The summed E-state index contributed by atoms with van der Waals surface area (Å²) >= 11 is 3.52. The summed E-state index contributed by atoms with van der Waals surface area (Å²) in [5.74, 6) is -2.44. The minimum atomic E-state index is -0.710. The summed E-state index contributed by atoms with van der Waals surface area (Å²) in [6, 6.07) is 18.4. The SMILES string of the molecule is CCc1cc(Br)cc2c(C(=O)OCC(=O)c3ccccc3O)cc(-c3ccc(N4C(=O)C5CC=CCC5C4=O)cc3)nc12. The molecule has 1 saturated heterocycles. The standard InChI is InChI=1S/C34H27BrN2O6/c1-2-19-15-21(35)16-26-27(34(42)43-18-30(39)25-9-5-6-10-29(25)38)17-28(36-31(19)26)20-11-13-22(14-12-20)37-32(40)23-7-3-4-8-24(23)33(37)41/h3-6,9-17,23-24,38H,2,7-8,18H2,1H3. The lowest BCUT2D eigenvalue weighted by molar-refractivity contribution is -0.122. The van der Waals surface area contributed by atoms with Crippen molar-refractivity contribution in [3.05, 3.63) is 100 Å². The minimum Gasteiger partial charge on any atom is -0.507 e. The van der Waals surface area contributed by atoms with Crippen molar-refractivity contribution in [2.45, 2.75) is 26.2 Å². The fourth-order valence-corrected chi connectivity index (χ4v) is 6.28. The number of hydrogen-bond donors (Lipinski definition) is 1. The summed E-state index contributed by atoms with van der Waals surface area (Å²) in [5.41, 5.74) is 3.48. The van der Waals surface area contributed by atoms with E-state index in [-0.39, 0.29) is 40.5 Å². The fraction of sp³-hybridized carbons (Fsp3) is 0.206. The van der Waals surface area contributed by atoms with Crippen molar-refractivity contribution in [1.82, 2.24) is 4.98 Å². The highest BCUT2D eigenvalue weighted by atomic mass is 79.9. The van der Waals surface area contributed by atoms with E-state index in [4.69, 9.17) is 9.72 Å². The Bertz CT molecular complexity index is 1810. The summed E-state index contributed by atoms with van der Waals surface area (Å²) in [6.07, 6.45) is 5.70. The number of allylic oxidation sites excluding steroid dienone is 2. The molecule has 8 nitrogen and oxygen atoms in total. The van der Waals surface area contributed by atoms with Crippen LogP contribution in [-0.2, 0) is 20.7 Å². The van der Waals surface area contributed by atoms with Gasteiger partial charge in [-0.3, -0.25) is 19.3 Å². The van der Waals surface area contributed by atoms with Crippen LogP contribution in [0.25, 0.3) is 22.2 Å². The van der Waals surface area contributed by atoms with E-state index in [1.165, 1.54) is 17.0 Å². The molecule has 2 aliphatic rings. The number of aryl methyl sites for hydroxylation is 1. The van der Waals surface area contributed by atoms with Gasteiger partial charge in [0.05, 0.1) is 39.9 Å². The van der Waals surface area contributed by atoms with Gasteiger partial charge in [0.2, 0.25) is 17.6 Å². The summed E-state index contributed by atoms with van der Waals surface area (Å²) in [5, 5.41) is 10.6. The lowest BCUT2D eigenvalue weighted by Gasteiger charge is -2.16. The van der Waals surface area contributed by atoms with Crippen LogP contribution in [0.2, 0.25) is 0 Å². The molecule has 0 bridgehead atoms. The monoisotopic (exact) mass is 638 g/mol. The number of carbonyl (C=O) groups is 4. The number of nitrogens with zero attached hydrogens (tertiary/aromatic N) is 2. The smallest absolute Gasteiger partial charge is 0.339 e. The zero-order valence-electron chi connectivity index (χ0n) is 23.2. The lowest BCUT2D eigenvalue weighted by Crippen LogP contribution is -2.30. The van der Waals surface area contributed by atoms with Gasteiger partial charge in [-0.05, 0) is 67.3 Å². The van der Waals surface area contributed by atoms with Crippen molar-refractivity contribution in [2.24, 2.45) is 11.8 Å².